The van der Waals surface area contributed by atoms with Gasteiger partial charge in [0.1, 0.15) is 11.4 Å². The topological polar surface area (TPSA) is 57.6 Å². The van der Waals surface area contributed by atoms with Crippen molar-refractivity contribution in [3.05, 3.63) is 34.1 Å². The number of carboxylic acid groups (broad SMARTS) is 1. The molecule has 1 heterocycles. The van der Waals surface area contributed by atoms with E-state index in [4.69, 9.17) is 0 Å². The van der Waals surface area contributed by atoms with Crippen molar-refractivity contribution in [2.24, 2.45) is 0 Å². The fourth-order valence-corrected chi connectivity index (χ4v) is 3.34. The largest absolute Gasteiger partial charge is 0.479 e. The van der Waals surface area contributed by atoms with Crippen molar-refractivity contribution in [2.75, 3.05) is 6.54 Å². The van der Waals surface area contributed by atoms with Gasteiger partial charge in [0.2, 0.25) is 0 Å². The van der Waals surface area contributed by atoms with E-state index in [0.29, 0.717) is 37.8 Å². The zero-order chi connectivity index (χ0) is 15.6. The van der Waals surface area contributed by atoms with Gasteiger partial charge in [-0.1, -0.05) is 13.3 Å². The van der Waals surface area contributed by atoms with Crippen LogP contribution in [0.2, 0.25) is 0 Å². The summed E-state index contributed by atoms with van der Waals surface area (Å²) >= 11 is 3.05. The van der Waals surface area contributed by atoms with Crippen LogP contribution in [-0.4, -0.2) is 34.0 Å². The van der Waals surface area contributed by atoms with E-state index in [1.165, 1.54) is 23.1 Å². The number of benzene rings is 1. The molecule has 0 aliphatic carbocycles. The number of rotatable bonds is 4. The lowest BCUT2D eigenvalue weighted by Gasteiger charge is -2.34. The summed E-state index contributed by atoms with van der Waals surface area (Å²) in [7, 11) is 0. The molecule has 1 unspecified atom stereocenters. The van der Waals surface area contributed by atoms with Gasteiger partial charge in [0.25, 0.3) is 5.91 Å². The summed E-state index contributed by atoms with van der Waals surface area (Å²) < 4.78 is 13.5. The van der Waals surface area contributed by atoms with Crippen molar-refractivity contribution in [3.63, 3.8) is 0 Å². The summed E-state index contributed by atoms with van der Waals surface area (Å²) in [6, 6.07) is 3.99. The highest BCUT2D eigenvalue weighted by Gasteiger charge is 2.49. The molecule has 6 heteroatoms. The molecule has 21 heavy (non-hydrogen) atoms. The summed E-state index contributed by atoms with van der Waals surface area (Å²) in [6.07, 6.45) is 2.24. The number of aliphatic carboxylic acids is 1. The minimum absolute atomic E-state index is 0.198. The lowest BCUT2D eigenvalue weighted by Crippen LogP contribution is -2.53. The number of nitrogens with zero attached hydrogens (tertiary/aromatic N) is 1. The van der Waals surface area contributed by atoms with Crippen LogP contribution in [0.25, 0.3) is 0 Å². The maximum Gasteiger partial charge on any atom is 0.329 e. The maximum atomic E-state index is 13.3. The second kappa shape index (κ2) is 6.13. The molecule has 1 aromatic rings. The number of carboxylic acids is 1. The van der Waals surface area contributed by atoms with Crippen LogP contribution in [0.15, 0.2) is 22.7 Å². The van der Waals surface area contributed by atoms with Crippen LogP contribution in [0.1, 0.15) is 43.0 Å². The van der Waals surface area contributed by atoms with E-state index in [-0.39, 0.29) is 10.4 Å². The van der Waals surface area contributed by atoms with E-state index in [9.17, 15) is 19.1 Å². The van der Waals surface area contributed by atoms with Gasteiger partial charge in [-0.3, -0.25) is 4.79 Å². The predicted octanol–water partition coefficient (Wildman–Crippen LogP) is 3.45. The SMILES string of the molecule is CCCC1(C(=O)O)CCCN1C(=O)c1ccc(F)c(Br)c1. The molecule has 0 spiro atoms. The second-order valence-electron chi connectivity index (χ2n) is 5.28. The Morgan fingerprint density at radius 2 is 2.19 bits per heavy atom. The van der Waals surface area contributed by atoms with Crippen molar-refractivity contribution in [3.8, 4) is 0 Å². The standard InChI is InChI=1S/C15H17BrFNO3/c1-2-6-15(14(20)21)7-3-8-18(15)13(19)10-4-5-12(17)11(16)9-10/h4-5,9H,2-3,6-8H2,1H3,(H,20,21). The summed E-state index contributed by atoms with van der Waals surface area (Å²) in [5.41, 5.74) is -0.834. The highest BCUT2D eigenvalue weighted by Crippen LogP contribution is 2.35. The number of hydrogen-bond donors (Lipinski definition) is 1. The summed E-state index contributed by atoms with van der Waals surface area (Å²) in [6.45, 7) is 2.32. The van der Waals surface area contributed by atoms with Crippen molar-refractivity contribution in [1.29, 1.82) is 0 Å². The molecule has 1 aromatic carbocycles. The van der Waals surface area contributed by atoms with Gasteiger partial charge < -0.3 is 10.0 Å². The molecule has 0 radical (unpaired) electrons. The molecule has 2 rings (SSSR count). The molecule has 1 atom stereocenters. The van der Waals surface area contributed by atoms with Crippen LogP contribution in [0.5, 0.6) is 0 Å². The third-order valence-corrected chi connectivity index (χ3v) is 4.57. The number of carbonyl (C=O) groups excluding carboxylic acids is 1. The molecule has 0 saturated carbocycles. The molecule has 1 N–H and O–H groups in total. The molecule has 1 fully saturated rings. The minimum Gasteiger partial charge on any atom is -0.479 e. The molecule has 1 aliphatic heterocycles. The number of amides is 1. The first-order valence-electron chi connectivity index (χ1n) is 6.93. The number of halogens is 2. The molecule has 114 valence electrons. The smallest absolute Gasteiger partial charge is 0.329 e. The maximum absolute atomic E-state index is 13.3. The van der Waals surface area contributed by atoms with Gasteiger partial charge in [-0.25, -0.2) is 9.18 Å². The molecular formula is C15H17BrFNO3. The fourth-order valence-electron chi connectivity index (χ4n) is 2.96. The Morgan fingerprint density at radius 3 is 2.76 bits per heavy atom. The lowest BCUT2D eigenvalue weighted by molar-refractivity contribution is -0.148. The van der Waals surface area contributed by atoms with E-state index in [1.807, 2.05) is 6.92 Å². The third-order valence-electron chi connectivity index (χ3n) is 3.96. The van der Waals surface area contributed by atoms with Gasteiger partial charge in [0.05, 0.1) is 4.47 Å². The van der Waals surface area contributed by atoms with Gasteiger partial charge in [-0.05, 0) is 53.4 Å². The van der Waals surface area contributed by atoms with E-state index in [2.05, 4.69) is 15.9 Å². The van der Waals surface area contributed by atoms with Gasteiger partial charge in [-0.15, -0.1) is 0 Å². The van der Waals surface area contributed by atoms with E-state index in [1.54, 1.807) is 0 Å². The van der Waals surface area contributed by atoms with E-state index in [0.717, 1.165) is 0 Å². The van der Waals surface area contributed by atoms with Gasteiger partial charge in [0.15, 0.2) is 0 Å². The minimum atomic E-state index is -1.13. The quantitative estimate of drug-likeness (QED) is 0.897. The van der Waals surface area contributed by atoms with Crippen molar-refractivity contribution in [1.82, 2.24) is 4.90 Å². The third kappa shape index (κ3) is 2.81. The Bertz CT molecular complexity index is 578. The Morgan fingerprint density at radius 1 is 1.48 bits per heavy atom. The van der Waals surface area contributed by atoms with Gasteiger partial charge in [0, 0.05) is 12.1 Å². The fraction of sp³-hybridized carbons (Fsp3) is 0.467. The summed E-state index contributed by atoms with van der Waals surface area (Å²) in [4.78, 5) is 25.8. The molecule has 0 aromatic heterocycles. The van der Waals surface area contributed by atoms with Crippen LogP contribution < -0.4 is 0 Å². The summed E-state index contributed by atoms with van der Waals surface area (Å²) in [5, 5.41) is 9.60. The second-order valence-corrected chi connectivity index (χ2v) is 6.13. The lowest BCUT2D eigenvalue weighted by atomic mass is 9.90. The number of likely N-dealkylation sites (tertiary alicyclic amines) is 1. The van der Waals surface area contributed by atoms with Gasteiger partial charge >= 0.3 is 5.97 Å². The van der Waals surface area contributed by atoms with Crippen molar-refractivity contribution >= 4 is 27.8 Å². The Kier molecular flexibility index (Phi) is 4.66. The monoisotopic (exact) mass is 357 g/mol. The number of carbonyl (C=O) groups is 2. The average Bonchev–Trinajstić information content (AvgIpc) is 2.86. The molecule has 4 nitrogen and oxygen atoms in total. The molecule has 1 amide bonds. The highest BCUT2D eigenvalue weighted by atomic mass is 79.9. The van der Waals surface area contributed by atoms with Crippen LogP contribution in [-0.2, 0) is 4.79 Å². The first-order chi connectivity index (χ1) is 9.92. The van der Waals surface area contributed by atoms with E-state index < -0.39 is 17.3 Å². The Labute approximate surface area is 131 Å². The Balaban J connectivity index is 2.36. The summed E-state index contributed by atoms with van der Waals surface area (Å²) in [5.74, 6) is -1.77. The van der Waals surface area contributed by atoms with Crippen LogP contribution in [0, 0.1) is 5.82 Å². The first-order valence-corrected chi connectivity index (χ1v) is 7.72. The zero-order valence-electron chi connectivity index (χ0n) is 11.7. The van der Waals surface area contributed by atoms with E-state index >= 15 is 0 Å². The van der Waals surface area contributed by atoms with Gasteiger partial charge in [-0.2, -0.15) is 0 Å². The molecule has 0 bridgehead atoms. The predicted molar refractivity (Wildman–Crippen MR) is 79.6 cm³/mol. The van der Waals surface area contributed by atoms with Crippen LogP contribution in [0.3, 0.4) is 0 Å². The normalized spacial score (nSPS) is 21.6. The van der Waals surface area contributed by atoms with Crippen molar-refractivity contribution < 1.29 is 19.1 Å². The average molecular weight is 358 g/mol. The zero-order valence-corrected chi connectivity index (χ0v) is 13.3. The van der Waals surface area contributed by atoms with Crippen LogP contribution in [0.4, 0.5) is 4.39 Å². The van der Waals surface area contributed by atoms with Crippen LogP contribution >= 0.6 is 15.9 Å². The first kappa shape index (κ1) is 15.9. The highest BCUT2D eigenvalue weighted by molar-refractivity contribution is 9.10. The molecular weight excluding hydrogens is 341 g/mol. The molecule has 1 saturated heterocycles. The Hall–Kier alpha value is -1.43. The number of hydrogen-bond acceptors (Lipinski definition) is 2. The molecule has 1 aliphatic rings. The van der Waals surface area contributed by atoms with Crippen molar-refractivity contribution in [2.45, 2.75) is 38.1 Å².